The van der Waals surface area contributed by atoms with Gasteiger partial charge in [0.1, 0.15) is 6.33 Å². The van der Waals surface area contributed by atoms with Gasteiger partial charge in [-0.3, -0.25) is 4.98 Å². The molecule has 0 radical (unpaired) electrons. The highest BCUT2D eigenvalue weighted by Gasteiger charge is 2.17. The third-order valence-corrected chi connectivity index (χ3v) is 3.69. The van der Waals surface area contributed by atoms with Crippen molar-refractivity contribution in [1.82, 2.24) is 25.2 Å². The summed E-state index contributed by atoms with van der Waals surface area (Å²) in [5.41, 5.74) is 2.96. The molecule has 0 bridgehead atoms. The van der Waals surface area contributed by atoms with E-state index in [1.54, 1.807) is 24.3 Å². The molecule has 0 unspecified atom stereocenters. The Morgan fingerprint density at radius 1 is 1.32 bits per heavy atom. The first-order valence-electron chi connectivity index (χ1n) is 7.26. The fourth-order valence-electron chi connectivity index (χ4n) is 2.11. The van der Waals surface area contributed by atoms with E-state index in [4.69, 9.17) is 0 Å². The molecule has 1 atom stereocenters. The van der Waals surface area contributed by atoms with E-state index in [-0.39, 0.29) is 12.1 Å². The van der Waals surface area contributed by atoms with Crippen molar-refractivity contribution in [1.29, 1.82) is 0 Å². The molecule has 0 spiro atoms. The van der Waals surface area contributed by atoms with Crippen molar-refractivity contribution in [3.63, 3.8) is 0 Å². The number of carbonyl (C=O) groups is 1. The van der Waals surface area contributed by atoms with Crippen molar-refractivity contribution >= 4 is 6.03 Å². The molecule has 0 aliphatic rings. The lowest BCUT2D eigenvalue weighted by molar-refractivity contribution is 0.193. The Bertz CT molecular complexity index is 617. The number of hydrogen-bond acceptors (Lipinski definition) is 4. The molecule has 22 heavy (non-hydrogen) atoms. The van der Waals surface area contributed by atoms with Gasteiger partial charge in [-0.1, -0.05) is 6.07 Å². The van der Waals surface area contributed by atoms with Crippen LogP contribution in [0, 0.1) is 6.92 Å². The van der Waals surface area contributed by atoms with Gasteiger partial charge in [-0.15, -0.1) is 0 Å². The fourth-order valence-corrected chi connectivity index (χ4v) is 2.11. The second-order valence-electron chi connectivity index (χ2n) is 5.17. The van der Waals surface area contributed by atoms with Crippen molar-refractivity contribution in [2.75, 3.05) is 13.6 Å². The summed E-state index contributed by atoms with van der Waals surface area (Å²) in [6.07, 6.45) is 5.65. The highest BCUT2D eigenvalue weighted by atomic mass is 16.2. The van der Waals surface area contributed by atoms with E-state index in [2.05, 4.69) is 20.3 Å². The Morgan fingerprint density at radius 2 is 2.14 bits per heavy atom. The van der Waals surface area contributed by atoms with E-state index in [9.17, 15) is 4.79 Å². The first-order valence-corrected chi connectivity index (χ1v) is 7.26. The molecule has 2 rings (SSSR count). The summed E-state index contributed by atoms with van der Waals surface area (Å²) < 4.78 is 0. The third-order valence-electron chi connectivity index (χ3n) is 3.69. The summed E-state index contributed by atoms with van der Waals surface area (Å²) in [5, 5.41) is 2.91. The number of urea groups is 1. The van der Waals surface area contributed by atoms with Crippen LogP contribution in [0.4, 0.5) is 4.79 Å². The second-order valence-corrected chi connectivity index (χ2v) is 5.17. The zero-order valence-electron chi connectivity index (χ0n) is 13.2. The largest absolute Gasteiger partial charge is 0.338 e. The zero-order chi connectivity index (χ0) is 15.9. The first-order chi connectivity index (χ1) is 10.6. The van der Waals surface area contributed by atoms with Gasteiger partial charge in [0, 0.05) is 38.1 Å². The van der Waals surface area contributed by atoms with E-state index in [1.165, 1.54) is 6.33 Å². The molecular weight excluding hydrogens is 278 g/mol. The molecule has 2 heterocycles. The molecule has 2 aromatic heterocycles. The summed E-state index contributed by atoms with van der Waals surface area (Å²) in [7, 11) is 1.76. The highest BCUT2D eigenvalue weighted by molar-refractivity contribution is 5.74. The maximum Gasteiger partial charge on any atom is 0.317 e. The highest BCUT2D eigenvalue weighted by Crippen LogP contribution is 2.15. The average molecular weight is 299 g/mol. The van der Waals surface area contributed by atoms with Gasteiger partial charge >= 0.3 is 6.03 Å². The van der Waals surface area contributed by atoms with Crippen molar-refractivity contribution in [2.45, 2.75) is 26.3 Å². The van der Waals surface area contributed by atoms with Gasteiger partial charge in [-0.2, -0.15) is 0 Å². The minimum atomic E-state index is -0.125. The standard InChI is InChI=1S/C16H21N5O/c1-12-5-4-8-18-14(12)7-10-19-16(22)21(3)13(2)15-6-9-17-11-20-15/h4-6,8-9,11,13H,7,10H2,1-3H3,(H,19,22)/t13-/m0/s1. The van der Waals surface area contributed by atoms with E-state index in [1.807, 2.05) is 32.0 Å². The molecule has 6 heteroatoms. The molecule has 0 aromatic carbocycles. The SMILES string of the molecule is Cc1cccnc1CCNC(=O)N(C)[C@@H](C)c1ccncn1. The number of pyridine rings is 1. The van der Waals surface area contributed by atoms with Gasteiger partial charge in [0.2, 0.25) is 0 Å². The number of carbonyl (C=O) groups excluding carboxylic acids is 1. The molecule has 0 saturated heterocycles. The Hall–Kier alpha value is -2.50. The summed E-state index contributed by atoms with van der Waals surface area (Å²) in [6, 6.07) is 5.51. The van der Waals surface area contributed by atoms with Crippen LogP contribution in [0.3, 0.4) is 0 Å². The molecule has 1 N–H and O–H groups in total. The average Bonchev–Trinajstić information content (AvgIpc) is 2.56. The first kappa shape index (κ1) is 15.9. The van der Waals surface area contributed by atoms with Crippen LogP contribution in [-0.4, -0.2) is 39.5 Å². The number of aromatic nitrogens is 3. The van der Waals surface area contributed by atoms with Crippen molar-refractivity contribution in [2.24, 2.45) is 0 Å². The second kappa shape index (κ2) is 7.49. The maximum atomic E-state index is 12.2. The van der Waals surface area contributed by atoms with Gasteiger partial charge < -0.3 is 10.2 Å². The predicted molar refractivity (Wildman–Crippen MR) is 84.3 cm³/mol. The zero-order valence-corrected chi connectivity index (χ0v) is 13.2. The number of amides is 2. The van der Waals surface area contributed by atoms with Gasteiger partial charge in [-0.05, 0) is 31.5 Å². The number of rotatable bonds is 5. The quantitative estimate of drug-likeness (QED) is 0.918. The van der Waals surface area contributed by atoms with Crippen molar-refractivity contribution < 1.29 is 4.79 Å². The van der Waals surface area contributed by atoms with Crippen molar-refractivity contribution in [3.8, 4) is 0 Å². The molecule has 6 nitrogen and oxygen atoms in total. The summed E-state index contributed by atoms with van der Waals surface area (Å²) in [4.78, 5) is 26.2. The normalized spacial score (nSPS) is 11.8. The van der Waals surface area contributed by atoms with Gasteiger partial charge in [0.25, 0.3) is 0 Å². The van der Waals surface area contributed by atoms with Crippen LogP contribution in [0.25, 0.3) is 0 Å². The molecule has 0 fully saturated rings. The van der Waals surface area contributed by atoms with Gasteiger partial charge in [0.05, 0.1) is 11.7 Å². The van der Waals surface area contributed by atoms with Gasteiger partial charge in [-0.25, -0.2) is 14.8 Å². The molecule has 2 amide bonds. The number of nitrogens with one attached hydrogen (secondary N) is 1. The predicted octanol–water partition coefficient (Wildman–Crippen LogP) is 2.13. The van der Waals surface area contributed by atoms with E-state index < -0.39 is 0 Å². The Labute approximate surface area is 130 Å². The molecule has 0 aliphatic heterocycles. The van der Waals surface area contributed by atoms with Crippen LogP contribution in [0.1, 0.15) is 29.9 Å². The molecule has 116 valence electrons. The number of aryl methyl sites for hydroxylation is 1. The van der Waals surface area contributed by atoms with Gasteiger partial charge in [0.15, 0.2) is 0 Å². The van der Waals surface area contributed by atoms with Crippen LogP contribution >= 0.6 is 0 Å². The minimum absolute atomic E-state index is 0.111. The Kier molecular flexibility index (Phi) is 5.41. The monoisotopic (exact) mass is 299 g/mol. The topological polar surface area (TPSA) is 71.0 Å². The maximum absolute atomic E-state index is 12.2. The summed E-state index contributed by atoms with van der Waals surface area (Å²) >= 11 is 0. The van der Waals surface area contributed by atoms with E-state index >= 15 is 0 Å². The lowest BCUT2D eigenvalue weighted by Gasteiger charge is -2.24. The smallest absolute Gasteiger partial charge is 0.317 e. The minimum Gasteiger partial charge on any atom is -0.338 e. The van der Waals surface area contributed by atoms with Crippen LogP contribution in [0.5, 0.6) is 0 Å². The van der Waals surface area contributed by atoms with E-state index in [0.717, 1.165) is 17.0 Å². The fraction of sp³-hybridized carbons (Fsp3) is 0.375. The molecular formula is C16H21N5O. The molecule has 0 saturated carbocycles. The van der Waals surface area contributed by atoms with Crippen LogP contribution in [-0.2, 0) is 6.42 Å². The third kappa shape index (κ3) is 4.00. The lowest BCUT2D eigenvalue weighted by atomic mass is 10.1. The summed E-state index contributed by atoms with van der Waals surface area (Å²) in [6.45, 7) is 4.51. The van der Waals surface area contributed by atoms with Crippen LogP contribution in [0.2, 0.25) is 0 Å². The Balaban J connectivity index is 1.85. The Morgan fingerprint density at radius 3 is 2.82 bits per heavy atom. The summed E-state index contributed by atoms with van der Waals surface area (Å²) in [5.74, 6) is 0. The number of hydrogen-bond donors (Lipinski definition) is 1. The van der Waals surface area contributed by atoms with E-state index in [0.29, 0.717) is 13.0 Å². The molecule has 2 aromatic rings. The van der Waals surface area contributed by atoms with Crippen LogP contribution in [0.15, 0.2) is 36.9 Å². The lowest BCUT2D eigenvalue weighted by Crippen LogP contribution is -2.39. The van der Waals surface area contributed by atoms with Crippen LogP contribution < -0.4 is 5.32 Å². The number of nitrogens with zero attached hydrogens (tertiary/aromatic N) is 4. The van der Waals surface area contributed by atoms with Crippen molar-refractivity contribution in [3.05, 3.63) is 53.9 Å². The molecule has 0 aliphatic carbocycles.